The highest BCUT2D eigenvalue weighted by Gasteiger charge is 2.22. The average molecular weight is 362 g/mol. The van der Waals surface area contributed by atoms with Gasteiger partial charge in [-0.15, -0.1) is 0 Å². The maximum atomic E-state index is 11.4. The lowest BCUT2D eigenvalue weighted by Crippen LogP contribution is -2.16. The van der Waals surface area contributed by atoms with E-state index in [0.717, 1.165) is 9.13 Å². The molecular weight excluding hydrogens is 343 g/mol. The van der Waals surface area contributed by atoms with E-state index in [1.165, 1.54) is 0 Å². The molecule has 1 rings (SSSR count). The van der Waals surface area contributed by atoms with Crippen molar-refractivity contribution >= 4 is 28.6 Å². The van der Waals surface area contributed by atoms with Crippen LogP contribution in [-0.4, -0.2) is 17.2 Å². The van der Waals surface area contributed by atoms with Crippen molar-refractivity contribution in [3.63, 3.8) is 0 Å². The molecule has 3 nitrogen and oxygen atoms in total. The number of benzene rings is 1. The molecule has 0 aliphatic carbocycles. The van der Waals surface area contributed by atoms with Crippen LogP contribution in [0.5, 0.6) is 5.75 Å². The topological polar surface area (TPSA) is 46.5 Å². The molecule has 1 aromatic carbocycles. The highest BCUT2D eigenvalue weighted by atomic mass is 127. The molecule has 0 atom stereocenters. The minimum absolute atomic E-state index is 0.0443. The SMILES string of the molecule is CC(C)Oc1c(I)cc(C(C)(C)C)cc1C(=O)O. The van der Waals surface area contributed by atoms with Crippen molar-refractivity contribution in [2.75, 3.05) is 0 Å². The fourth-order valence-corrected chi connectivity index (χ4v) is 2.29. The minimum Gasteiger partial charge on any atom is -0.489 e. The van der Waals surface area contributed by atoms with Crippen LogP contribution >= 0.6 is 22.6 Å². The van der Waals surface area contributed by atoms with Crippen LogP contribution < -0.4 is 4.74 Å². The summed E-state index contributed by atoms with van der Waals surface area (Å²) in [5.41, 5.74) is 1.15. The van der Waals surface area contributed by atoms with Gasteiger partial charge in [0, 0.05) is 0 Å². The molecule has 0 unspecified atom stereocenters. The molecule has 0 bridgehead atoms. The third kappa shape index (κ3) is 3.60. The van der Waals surface area contributed by atoms with Crippen LogP contribution in [-0.2, 0) is 5.41 Å². The van der Waals surface area contributed by atoms with Gasteiger partial charge in [0.15, 0.2) is 0 Å². The van der Waals surface area contributed by atoms with Gasteiger partial charge in [-0.05, 0) is 59.5 Å². The van der Waals surface area contributed by atoms with Gasteiger partial charge in [0.1, 0.15) is 11.3 Å². The van der Waals surface area contributed by atoms with Crippen molar-refractivity contribution in [2.45, 2.75) is 46.1 Å². The van der Waals surface area contributed by atoms with Gasteiger partial charge in [-0.25, -0.2) is 4.79 Å². The first-order valence-electron chi connectivity index (χ1n) is 5.87. The predicted octanol–water partition coefficient (Wildman–Crippen LogP) is 4.07. The lowest BCUT2D eigenvalue weighted by molar-refractivity contribution is 0.0690. The molecule has 1 N–H and O–H groups in total. The quantitative estimate of drug-likeness (QED) is 0.825. The van der Waals surface area contributed by atoms with Crippen LogP contribution in [0.3, 0.4) is 0 Å². The van der Waals surface area contributed by atoms with E-state index in [1.54, 1.807) is 6.07 Å². The Labute approximate surface area is 122 Å². The Kier molecular flexibility index (Phi) is 4.64. The summed E-state index contributed by atoms with van der Waals surface area (Å²) in [7, 11) is 0. The Morgan fingerprint density at radius 2 is 1.89 bits per heavy atom. The predicted molar refractivity (Wildman–Crippen MR) is 80.6 cm³/mol. The molecule has 4 heteroatoms. The molecule has 0 aliphatic rings. The van der Waals surface area contributed by atoms with E-state index >= 15 is 0 Å². The molecule has 0 saturated carbocycles. The summed E-state index contributed by atoms with van der Waals surface area (Å²) >= 11 is 2.13. The van der Waals surface area contributed by atoms with Crippen LogP contribution in [0, 0.1) is 3.57 Å². The van der Waals surface area contributed by atoms with Gasteiger partial charge in [0.2, 0.25) is 0 Å². The fraction of sp³-hybridized carbons (Fsp3) is 0.500. The Hall–Kier alpha value is -0.780. The van der Waals surface area contributed by atoms with Crippen LogP contribution in [0.15, 0.2) is 12.1 Å². The number of aromatic carboxylic acids is 1. The van der Waals surface area contributed by atoms with Gasteiger partial charge in [0.25, 0.3) is 0 Å². The van der Waals surface area contributed by atoms with E-state index in [1.807, 2.05) is 19.9 Å². The van der Waals surface area contributed by atoms with Gasteiger partial charge >= 0.3 is 5.97 Å². The highest BCUT2D eigenvalue weighted by molar-refractivity contribution is 14.1. The second kappa shape index (κ2) is 5.47. The molecule has 0 saturated heterocycles. The Morgan fingerprint density at radius 1 is 1.33 bits per heavy atom. The normalized spacial score (nSPS) is 11.7. The van der Waals surface area contributed by atoms with Gasteiger partial charge in [-0.3, -0.25) is 0 Å². The zero-order chi connectivity index (χ0) is 14.1. The van der Waals surface area contributed by atoms with Crippen molar-refractivity contribution in [3.05, 3.63) is 26.8 Å². The first-order chi connectivity index (χ1) is 8.12. The monoisotopic (exact) mass is 362 g/mol. The number of halogens is 1. The van der Waals surface area contributed by atoms with Crippen LogP contribution in [0.4, 0.5) is 0 Å². The summed E-state index contributed by atoms with van der Waals surface area (Å²) in [5, 5.41) is 9.31. The third-order valence-electron chi connectivity index (χ3n) is 2.49. The zero-order valence-electron chi connectivity index (χ0n) is 11.4. The molecule has 0 aromatic heterocycles. The standard InChI is InChI=1S/C14H19IO3/c1-8(2)18-12-10(13(16)17)6-9(7-11(12)15)14(3,4)5/h6-8H,1-5H3,(H,16,17). The molecular formula is C14H19IO3. The summed E-state index contributed by atoms with van der Waals surface area (Å²) in [6.45, 7) is 9.96. The Bertz CT molecular complexity index is 459. The molecule has 0 aliphatic heterocycles. The first-order valence-corrected chi connectivity index (χ1v) is 6.94. The van der Waals surface area contributed by atoms with Gasteiger partial charge in [-0.2, -0.15) is 0 Å². The summed E-state index contributed by atoms with van der Waals surface area (Å²) < 4.78 is 6.46. The van der Waals surface area contributed by atoms with E-state index in [9.17, 15) is 9.90 Å². The number of ether oxygens (including phenoxy) is 1. The zero-order valence-corrected chi connectivity index (χ0v) is 13.5. The molecule has 18 heavy (non-hydrogen) atoms. The molecule has 100 valence electrons. The number of carboxylic acids is 1. The molecule has 0 spiro atoms. The van der Waals surface area contributed by atoms with Crippen LogP contribution in [0.2, 0.25) is 0 Å². The van der Waals surface area contributed by atoms with Crippen molar-refractivity contribution in [2.24, 2.45) is 0 Å². The van der Waals surface area contributed by atoms with E-state index in [-0.39, 0.29) is 17.1 Å². The number of rotatable bonds is 3. The molecule has 0 amide bonds. The summed E-state index contributed by atoms with van der Waals surface area (Å²) in [6.07, 6.45) is -0.0443. The number of hydrogen-bond acceptors (Lipinski definition) is 2. The third-order valence-corrected chi connectivity index (χ3v) is 3.29. The highest BCUT2D eigenvalue weighted by Crippen LogP contribution is 2.33. The maximum Gasteiger partial charge on any atom is 0.339 e. The lowest BCUT2D eigenvalue weighted by atomic mass is 9.86. The van der Waals surface area contributed by atoms with Gasteiger partial charge in [-0.1, -0.05) is 20.8 Å². The molecule has 0 fully saturated rings. The number of carbonyl (C=O) groups is 1. The fourth-order valence-electron chi connectivity index (χ4n) is 1.54. The average Bonchev–Trinajstić information content (AvgIpc) is 2.17. The van der Waals surface area contributed by atoms with E-state index in [4.69, 9.17) is 4.74 Å². The largest absolute Gasteiger partial charge is 0.489 e. The van der Waals surface area contributed by atoms with E-state index < -0.39 is 5.97 Å². The first kappa shape index (κ1) is 15.3. The van der Waals surface area contributed by atoms with Crippen LogP contribution in [0.1, 0.15) is 50.5 Å². The molecule has 0 radical (unpaired) electrons. The Morgan fingerprint density at radius 3 is 2.28 bits per heavy atom. The lowest BCUT2D eigenvalue weighted by Gasteiger charge is -2.22. The van der Waals surface area contributed by atoms with Crippen LogP contribution in [0.25, 0.3) is 0 Å². The van der Waals surface area contributed by atoms with Gasteiger partial charge in [0.05, 0.1) is 9.67 Å². The van der Waals surface area contributed by atoms with E-state index in [2.05, 4.69) is 43.4 Å². The van der Waals surface area contributed by atoms with Crippen molar-refractivity contribution in [1.29, 1.82) is 0 Å². The molecule has 1 aromatic rings. The second-order valence-corrected chi connectivity index (χ2v) is 6.72. The second-order valence-electron chi connectivity index (χ2n) is 5.56. The smallest absolute Gasteiger partial charge is 0.339 e. The van der Waals surface area contributed by atoms with Crippen molar-refractivity contribution < 1.29 is 14.6 Å². The molecule has 0 heterocycles. The number of hydrogen-bond donors (Lipinski definition) is 1. The van der Waals surface area contributed by atoms with Crippen molar-refractivity contribution in [3.8, 4) is 5.75 Å². The van der Waals surface area contributed by atoms with Crippen molar-refractivity contribution in [1.82, 2.24) is 0 Å². The summed E-state index contributed by atoms with van der Waals surface area (Å²) in [4.78, 5) is 11.4. The Balaban J connectivity index is 3.41. The maximum absolute atomic E-state index is 11.4. The summed E-state index contributed by atoms with van der Waals surface area (Å²) in [5.74, 6) is -0.485. The minimum atomic E-state index is -0.949. The summed E-state index contributed by atoms with van der Waals surface area (Å²) in [6, 6.07) is 3.70. The van der Waals surface area contributed by atoms with E-state index in [0.29, 0.717) is 5.75 Å². The number of carboxylic acid groups (broad SMARTS) is 1. The van der Waals surface area contributed by atoms with Gasteiger partial charge < -0.3 is 9.84 Å².